The first-order valence-corrected chi connectivity index (χ1v) is 4.29. The van der Waals surface area contributed by atoms with Gasteiger partial charge < -0.3 is 15.6 Å². The lowest BCUT2D eigenvalue weighted by Crippen LogP contribution is -2.34. The molecule has 0 spiro atoms. The van der Waals surface area contributed by atoms with E-state index in [-0.39, 0.29) is 13.2 Å². The van der Waals surface area contributed by atoms with Gasteiger partial charge in [0.05, 0.1) is 13.2 Å². The van der Waals surface area contributed by atoms with Crippen molar-refractivity contribution in [2.24, 2.45) is 5.73 Å². The summed E-state index contributed by atoms with van der Waals surface area (Å²) in [7, 11) is 0. The summed E-state index contributed by atoms with van der Waals surface area (Å²) in [4.78, 5) is 10.7. The van der Waals surface area contributed by atoms with E-state index in [4.69, 9.17) is 15.6 Å². The molecule has 0 heterocycles. The van der Waals surface area contributed by atoms with E-state index in [0.717, 1.165) is 5.56 Å². The number of rotatable bonds is 5. The van der Waals surface area contributed by atoms with Crippen LogP contribution < -0.4 is 5.73 Å². The molecule has 1 atom stereocenters. The first-order chi connectivity index (χ1) is 6.74. The van der Waals surface area contributed by atoms with Crippen molar-refractivity contribution in [3.63, 3.8) is 0 Å². The van der Waals surface area contributed by atoms with Gasteiger partial charge in [0.15, 0.2) is 6.10 Å². The minimum atomic E-state index is -0.921. The van der Waals surface area contributed by atoms with E-state index in [0.29, 0.717) is 0 Å². The van der Waals surface area contributed by atoms with Crippen LogP contribution in [0.3, 0.4) is 0 Å². The van der Waals surface area contributed by atoms with Crippen molar-refractivity contribution in [2.75, 3.05) is 6.61 Å². The second-order valence-corrected chi connectivity index (χ2v) is 2.87. The molecule has 0 aliphatic heterocycles. The normalized spacial score (nSPS) is 12.4. The second-order valence-electron chi connectivity index (χ2n) is 2.87. The van der Waals surface area contributed by atoms with Gasteiger partial charge in [0.25, 0.3) is 0 Å². The molecule has 1 amide bonds. The van der Waals surface area contributed by atoms with Crippen molar-refractivity contribution >= 4 is 5.91 Å². The summed E-state index contributed by atoms with van der Waals surface area (Å²) in [5, 5.41) is 8.75. The van der Waals surface area contributed by atoms with Crippen LogP contribution in [0.2, 0.25) is 0 Å². The fraction of sp³-hybridized carbons (Fsp3) is 0.300. The first-order valence-electron chi connectivity index (χ1n) is 4.29. The van der Waals surface area contributed by atoms with Crippen LogP contribution >= 0.6 is 0 Å². The molecule has 1 unspecified atom stereocenters. The maximum absolute atomic E-state index is 10.7. The Kier molecular flexibility index (Phi) is 4.10. The molecule has 76 valence electrons. The minimum Gasteiger partial charge on any atom is -0.393 e. The Morgan fingerprint density at radius 1 is 1.43 bits per heavy atom. The second kappa shape index (κ2) is 5.36. The summed E-state index contributed by atoms with van der Waals surface area (Å²) in [5.74, 6) is -0.650. The van der Waals surface area contributed by atoms with Crippen LogP contribution in [0.15, 0.2) is 30.3 Å². The summed E-state index contributed by atoms with van der Waals surface area (Å²) >= 11 is 0. The average molecular weight is 195 g/mol. The molecule has 14 heavy (non-hydrogen) atoms. The summed E-state index contributed by atoms with van der Waals surface area (Å²) in [5.41, 5.74) is 5.92. The number of benzene rings is 1. The Labute approximate surface area is 82.3 Å². The highest BCUT2D eigenvalue weighted by molar-refractivity contribution is 5.78. The van der Waals surface area contributed by atoms with E-state index in [9.17, 15) is 4.79 Å². The number of amides is 1. The van der Waals surface area contributed by atoms with Crippen molar-refractivity contribution in [2.45, 2.75) is 12.7 Å². The lowest BCUT2D eigenvalue weighted by molar-refractivity contribution is -0.132. The largest absolute Gasteiger partial charge is 0.393 e. The molecule has 3 N–H and O–H groups in total. The third kappa shape index (κ3) is 3.16. The Balaban J connectivity index is 2.44. The topological polar surface area (TPSA) is 72.6 Å². The monoisotopic (exact) mass is 195 g/mol. The van der Waals surface area contributed by atoms with Crippen molar-refractivity contribution < 1.29 is 14.6 Å². The molecule has 4 nitrogen and oxygen atoms in total. The molecule has 4 heteroatoms. The third-order valence-corrected chi connectivity index (χ3v) is 1.78. The van der Waals surface area contributed by atoms with E-state index in [2.05, 4.69) is 0 Å². The molecule has 0 radical (unpaired) electrons. The van der Waals surface area contributed by atoms with E-state index in [1.807, 2.05) is 30.3 Å². The number of aliphatic hydroxyl groups is 1. The molecule has 0 saturated carbocycles. The molecule has 0 aliphatic rings. The lowest BCUT2D eigenvalue weighted by atomic mass is 10.2. The van der Waals surface area contributed by atoms with Crippen molar-refractivity contribution in [1.29, 1.82) is 0 Å². The van der Waals surface area contributed by atoms with Crippen molar-refractivity contribution in [3.8, 4) is 0 Å². The van der Waals surface area contributed by atoms with Gasteiger partial charge in [-0.3, -0.25) is 4.79 Å². The van der Waals surface area contributed by atoms with Crippen LogP contribution in [0.5, 0.6) is 0 Å². The number of ether oxygens (including phenoxy) is 1. The fourth-order valence-electron chi connectivity index (χ4n) is 0.996. The molecule has 1 rings (SSSR count). The Morgan fingerprint density at radius 3 is 2.57 bits per heavy atom. The number of primary amides is 1. The third-order valence-electron chi connectivity index (χ3n) is 1.78. The first kappa shape index (κ1) is 10.7. The van der Waals surface area contributed by atoms with Crippen LogP contribution in [-0.4, -0.2) is 23.7 Å². The number of carbonyl (C=O) groups is 1. The number of aliphatic hydroxyl groups excluding tert-OH is 1. The van der Waals surface area contributed by atoms with Gasteiger partial charge in [-0.05, 0) is 5.56 Å². The van der Waals surface area contributed by atoms with Gasteiger partial charge in [0.2, 0.25) is 5.91 Å². The number of hydrogen-bond acceptors (Lipinski definition) is 3. The SMILES string of the molecule is NC(=O)C(CO)OCc1ccccc1. The lowest BCUT2D eigenvalue weighted by Gasteiger charge is -2.11. The van der Waals surface area contributed by atoms with Gasteiger partial charge in [-0.1, -0.05) is 30.3 Å². The highest BCUT2D eigenvalue weighted by Crippen LogP contribution is 2.02. The van der Waals surface area contributed by atoms with Crippen LogP contribution in [0, 0.1) is 0 Å². The zero-order valence-electron chi connectivity index (χ0n) is 7.72. The molecule has 1 aromatic rings. The quantitative estimate of drug-likeness (QED) is 0.697. The average Bonchev–Trinajstić information content (AvgIpc) is 2.20. The standard InChI is InChI=1S/C10H13NO3/c11-10(13)9(6-12)14-7-8-4-2-1-3-5-8/h1-5,9,12H,6-7H2,(H2,11,13). The van der Waals surface area contributed by atoms with Gasteiger partial charge in [-0.25, -0.2) is 0 Å². The van der Waals surface area contributed by atoms with Crippen LogP contribution in [0.25, 0.3) is 0 Å². The maximum atomic E-state index is 10.7. The Morgan fingerprint density at radius 2 is 2.07 bits per heavy atom. The van der Waals surface area contributed by atoms with E-state index in [1.165, 1.54) is 0 Å². The molecule has 1 aromatic carbocycles. The predicted octanol–water partition coefficient (Wildman–Crippen LogP) is 0.0494. The molecule has 0 bridgehead atoms. The molecule has 0 aromatic heterocycles. The summed E-state index contributed by atoms with van der Waals surface area (Å²) in [6.07, 6.45) is -0.921. The van der Waals surface area contributed by atoms with Crippen LogP contribution in [0.4, 0.5) is 0 Å². The molecular formula is C10H13NO3. The van der Waals surface area contributed by atoms with E-state index >= 15 is 0 Å². The summed E-state index contributed by atoms with van der Waals surface area (Å²) in [6.45, 7) is -0.114. The highest BCUT2D eigenvalue weighted by Gasteiger charge is 2.13. The Hall–Kier alpha value is -1.39. The molecular weight excluding hydrogens is 182 g/mol. The Bertz CT molecular complexity index is 287. The van der Waals surface area contributed by atoms with Gasteiger partial charge in [0.1, 0.15) is 0 Å². The summed E-state index contributed by atoms with van der Waals surface area (Å²) in [6, 6.07) is 9.37. The van der Waals surface area contributed by atoms with Crippen LogP contribution in [0.1, 0.15) is 5.56 Å². The predicted molar refractivity (Wildman–Crippen MR) is 51.3 cm³/mol. The maximum Gasteiger partial charge on any atom is 0.248 e. The van der Waals surface area contributed by atoms with E-state index in [1.54, 1.807) is 0 Å². The number of hydrogen-bond donors (Lipinski definition) is 2. The summed E-state index contributed by atoms with van der Waals surface area (Å²) < 4.78 is 5.11. The number of nitrogens with two attached hydrogens (primary N) is 1. The van der Waals surface area contributed by atoms with Gasteiger partial charge >= 0.3 is 0 Å². The van der Waals surface area contributed by atoms with E-state index < -0.39 is 12.0 Å². The molecule has 0 fully saturated rings. The zero-order valence-corrected chi connectivity index (χ0v) is 7.72. The fourth-order valence-corrected chi connectivity index (χ4v) is 0.996. The highest BCUT2D eigenvalue weighted by atomic mass is 16.5. The van der Waals surface area contributed by atoms with Crippen LogP contribution in [-0.2, 0) is 16.1 Å². The smallest absolute Gasteiger partial charge is 0.248 e. The zero-order chi connectivity index (χ0) is 10.4. The molecule has 0 aliphatic carbocycles. The van der Waals surface area contributed by atoms with Gasteiger partial charge in [0, 0.05) is 0 Å². The van der Waals surface area contributed by atoms with Gasteiger partial charge in [-0.2, -0.15) is 0 Å². The van der Waals surface area contributed by atoms with Crippen molar-refractivity contribution in [3.05, 3.63) is 35.9 Å². The molecule has 0 saturated heterocycles. The van der Waals surface area contributed by atoms with Gasteiger partial charge in [-0.15, -0.1) is 0 Å². The van der Waals surface area contributed by atoms with Crippen molar-refractivity contribution in [1.82, 2.24) is 0 Å². The minimum absolute atomic E-state index is 0.273. The number of carbonyl (C=O) groups excluding carboxylic acids is 1.